The Morgan fingerprint density at radius 1 is 1.33 bits per heavy atom. The highest BCUT2D eigenvalue weighted by Crippen LogP contribution is 2.36. The molecule has 1 atom stereocenters. The van der Waals surface area contributed by atoms with Crippen molar-refractivity contribution in [2.24, 2.45) is 0 Å². The molecule has 0 nitrogen and oxygen atoms in total. The zero-order chi connectivity index (χ0) is 8.55. The van der Waals surface area contributed by atoms with Crippen molar-refractivity contribution in [1.82, 2.24) is 0 Å². The molecule has 0 aromatic heterocycles. The van der Waals surface area contributed by atoms with Crippen LogP contribution in [0.15, 0.2) is 22.7 Å². The van der Waals surface area contributed by atoms with Gasteiger partial charge in [0.05, 0.1) is 0 Å². The number of aryl methyl sites for hydroxylation is 1. The topological polar surface area (TPSA) is 0 Å². The second kappa shape index (κ2) is 3.51. The van der Waals surface area contributed by atoms with Gasteiger partial charge in [0.1, 0.15) is 0 Å². The molecule has 0 saturated heterocycles. The minimum absolute atomic E-state index is 0.578. The Kier molecular flexibility index (Phi) is 2.56. The van der Waals surface area contributed by atoms with Crippen molar-refractivity contribution in [1.29, 1.82) is 0 Å². The second-order valence-electron chi connectivity index (χ2n) is 3.20. The first-order valence-corrected chi connectivity index (χ1v) is 5.90. The molecule has 0 N–H and O–H groups in total. The van der Waals surface area contributed by atoms with Crippen LogP contribution >= 0.6 is 31.9 Å². The molecule has 0 heterocycles. The van der Waals surface area contributed by atoms with Crippen molar-refractivity contribution in [2.75, 3.05) is 0 Å². The summed E-state index contributed by atoms with van der Waals surface area (Å²) in [6.45, 7) is 0. The van der Waals surface area contributed by atoms with Crippen molar-refractivity contribution in [3.8, 4) is 0 Å². The summed E-state index contributed by atoms with van der Waals surface area (Å²) in [6, 6.07) is 6.58. The smallest absolute Gasteiger partial charge is 0.0398 e. The molecule has 64 valence electrons. The van der Waals surface area contributed by atoms with Crippen LogP contribution in [-0.4, -0.2) is 0 Å². The molecule has 1 aliphatic carbocycles. The van der Waals surface area contributed by atoms with Gasteiger partial charge in [-0.05, 0) is 42.5 Å². The van der Waals surface area contributed by atoms with Gasteiger partial charge in [-0.1, -0.05) is 37.9 Å². The summed E-state index contributed by atoms with van der Waals surface area (Å²) in [7, 11) is 0. The first kappa shape index (κ1) is 8.76. The standard InChI is InChI=1S/C10H10Br2/c11-8-4-5-9-7(6-8)2-1-3-10(9)12/h4-6,10H,1-3H2. The van der Waals surface area contributed by atoms with Crippen molar-refractivity contribution in [2.45, 2.75) is 24.1 Å². The van der Waals surface area contributed by atoms with Crippen LogP contribution in [0, 0.1) is 0 Å². The molecular formula is C10H10Br2. The zero-order valence-corrected chi connectivity index (χ0v) is 9.86. The largest absolute Gasteiger partial charge is 0.0839 e. The van der Waals surface area contributed by atoms with Crippen LogP contribution in [0.4, 0.5) is 0 Å². The Morgan fingerprint density at radius 3 is 3.00 bits per heavy atom. The number of rotatable bonds is 0. The Balaban J connectivity index is 2.46. The van der Waals surface area contributed by atoms with Gasteiger partial charge >= 0.3 is 0 Å². The molecule has 12 heavy (non-hydrogen) atoms. The van der Waals surface area contributed by atoms with Gasteiger partial charge in [0.15, 0.2) is 0 Å². The monoisotopic (exact) mass is 288 g/mol. The third-order valence-corrected chi connectivity index (χ3v) is 3.79. The van der Waals surface area contributed by atoms with Crippen molar-refractivity contribution < 1.29 is 0 Å². The van der Waals surface area contributed by atoms with Crippen LogP contribution in [-0.2, 0) is 6.42 Å². The molecule has 0 bridgehead atoms. The number of benzene rings is 1. The van der Waals surface area contributed by atoms with Crippen molar-refractivity contribution in [3.05, 3.63) is 33.8 Å². The summed E-state index contributed by atoms with van der Waals surface area (Å²) in [5, 5.41) is 0. The third-order valence-electron chi connectivity index (χ3n) is 2.35. The van der Waals surface area contributed by atoms with E-state index in [1.165, 1.54) is 34.9 Å². The van der Waals surface area contributed by atoms with Crippen LogP contribution in [0.1, 0.15) is 28.8 Å². The van der Waals surface area contributed by atoms with Crippen LogP contribution in [0.25, 0.3) is 0 Å². The van der Waals surface area contributed by atoms with Gasteiger partial charge in [-0.25, -0.2) is 0 Å². The van der Waals surface area contributed by atoms with E-state index < -0.39 is 0 Å². The minimum atomic E-state index is 0.578. The van der Waals surface area contributed by atoms with E-state index in [0.29, 0.717) is 4.83 Å². The van der Waals surface area contributed by atoms with E-state index in [2.05, 4.69) is 50.1 Å². The van der Waals surface area contributed by atoms with Crippen LogP contribution < -0.4 is 0 Å². The summed E-state index contributed by atoms with van der Waals surface area (Å²) in [4.78, 5) is 0.578. The SMILES string of the molecule is Brc1ccc2c(c1)CCCC2Br. The fourth-order valence-corrected chi connectivity index (χ4v) is 2.90. The normalized spacial score (nSPS) is 22.0. The molecule has 1 aliphatic rings. The van der Waals surface area contributed by atoms with Gasteiger partial charge in [-0.15, -0.1) is 0 Å². The van der Waals surface area contributed by atoms with E-state index in [1.54, 1.807) is 0 Å². The summed E-state index contributed by atoms with van der Waals surface area (Å²) in [6.07, 6.45) is 3.81. The minimum Gasteiger partial charge on any atom is -0.0839 e. The highest BCUT2D eigenvalue weighted by atomic mass is 79.9. The molecule has 1 aromatic rings. The molecule has 2 rings (SSSR count). The van der Waals surface area contributed by atoms with Gasteiger partial charge < -0.3 is 0 Å². The van der Waals surface area contributed by atoms with Crippen LogP contribution in [0.3, 0.4) is 0 Å². The van der Waals surface area contributed by atoms with E-state index in [9.17, 15) is 0 Å². The number of fused-ring (bicyclic) bond motifs is 1. The van der Waals surface area contributed by atoms with Crippen LogP contribution in [0.5, 0.6) is 0 Å². The molecule has 1 aromatic carbocycles. The van der Waals surface area contributed by atoms with Gasteiger partial charge in [-0.2, -0.15) is 0 Å². The molecule has 0 spiro atoms. The first-order chi connectivity index (χ1) is 5.77. The zero-order valence-electron chi connectivity index (χ0n) is 6.69. The predicted molar refractivity (Wildman–Crippen MR) is 58.7 cm³/mol. The molecule has 0 amide bonds. The lowest BCUT2D eigenvalue weighted by Gasteiger charge is -2.20. The lowest BCUT2D eigenvalue weighted by Crippen LogP contribution is -2.04. The summed E-state index contributed by atoms with van der Waals surface area (Å²) in [5.74, 6) is 0. The number of alkyl halides is 1. The molecule has 0 saturated carbocycles. The average Bonchev–Trinajstić information content (AvgIpc) is 2.04. The molecular weight excluding hydrogens is 280 g/mol. The average molecular weight is 290 g/mol. The number of hydrogen-bond donors (Lipinski definition) is 0. The van der Waals surface area contributed by atoms with E-state index >= 15 is 0 Å². The van der Waals surface area contributed by atoms with Gasteiger partial charge in [0.2, 0.25) is 0 Å². The fraction of sp³-hybridized carbons (Fsp3) is 0.400. The highest BCUT2D eigenvalue weighted by molar-refractivity contribution is 9.10. The molecule has 2 heteroatoms. The lowest BCUT2D eigenvalue weighted by atomic mass is 9.92. The summed E-state index contributed by atoms with van der Waals surface area (Å²) >= 11 is 7.19. The molecule has 0 fully saturated rings. The lowest BCUT2D eigenvalue weighted by molar-refractivity contribution is 0.680. The van der Waals surface area contributed by atoms with E-state index in [1.807, 2.05) is 0 Å². The second-order valence-corrected chi connectivity index (χ2v) is 5.22. The maximum absolute atomic E-state index is 3.70. The Bertz CT molecular complexity index is 294. The Labute approximate surface area is 89.6 Å². The number of hydrogen-bond acceptors (Lipinski definition) is 0. The maximum Gasteiger partial charge on any atom is 0.0398 e. The fourth-order valence-electron chi connectivity index (χ4n) is 1.72. The van der Waals surface area contributed by atoms with Crippen molar-refractivity contribution in [3.63, 3.8) is 0 Å². The van der Waals surface area contributed by atoms with E-state index in [-0.39, 0.29) is 0 Å². The molecule has 1 unspecified atom stereocenters. The quantitative estimate of drug-likeness (QED) is 0.627. The van der Waals surface area contributed by atoms with E-state index in [0.717, 1.165) is 0 Å². The van der Waals surface area contributed by atoms with Gasteiger partial charge in [0.25, 0.3) is 0 Å². The van der Waals surface area contributed by atoms with Gasteiger partial charge in [-0.3, -0.25) is 0 Å². The Morgan fingerprint density at radius 2 is 2.17 bits per heavy atom. The molecule has 0 aliphatic heterocycles. The number of halogens is 2. The van der Waals surface area contributed by atoms with Crippen LogP contribution in [0.2, 0.25) is 0 Å². The maximum atomic E-state index is 3.70. The van der Waals surface area contributed by atoms with E-state index in [4.69, 9.17) is 0 Å². The molecule has 0 radical (unpaired) electrons. The summed E-state index contributed by atoms with van der Waals surface area (Å²) < 4.78 is 1.20. The Hall–Kier alpha value is 0.180. The first-order valence-electron chi connectivity index (χ1n) is 4.20. The van der Waals surface area contributed by atoms with Gasteiger partial charge in [0, 0.05) is 9.30 Å². The third kappa shape index (κ3) is 1.60. The summed E-state index contributed by atoms with van der Waals surface area (Å²) in [5.41, 5.74) is 2.97. The predicted octanol–water partition coefficient (Wildman–Crippen LogP) is 4.22. The van der Waals surface area contributed by atoms with Crippen molar-refractivity contribution >= 4 is 31.9 Å². The highest BCUT2D eigenvalue weighted by Gasteiger charge is 2.16.